The first kappa shape index (κ1) is 24.8. The Labute approximate surface area is 238 Å². The monoisotopic (exact) mass is 593 g/mol. The second-order valence-corrected chi connectivity index (χ2v) is 13.5. The van der Waals surface area contributed by atoms with E-state index in [1.54, 1.807) is 6.08 Å². The van der Waals surface area contributed by atoms with Gasteiger partial charge in [-0.2, -0.15) is 0 Å². The standard InChI is InChI=1S/C33H27N3O3Se/c1-33(2)25-9-5-7-11-27(25)36(28-12-8-6-10-26(28)33)20-13-14-22-19(15-20)16-29-23(22)17-21(40-29)18-24-30(37)34(3)32(39)35(4)31(24)38/h5-15,17-18H,16H2,1-4H3. The Hall–Kier alpha value is -4.19. The van der Waals surface area contributed by atoms with E-state index in [0.717, 1.165) is 26.3 Å². The fourth-order valence-corrected chi connectivity index (χ4v) is 8.65. The van der Waals surface area contributed by atoms with E-state index in [4.69, 9.17) is 0 Å². The number of imide groups is 2. The number of para-hydroxylation sites is 2. The molecule has 3 heterocycles. The third-order valence-electron chi connectivity index (χ3n) is 8.38. The number of benzene rings is 3. The van der Waals surface area contributed by atoms with Crippen molar-refractivity contribution >= 4 is 55.5 Å². The second-order valence-electron chi connectivity index (χ2n) is 11.1. The molecule has 3 aromatic carbocycles. The van der Waals surface area contributed by atoms with Crippen LogP contribution in [0.1, 0.15) is 39.4 Å². The summed E-state index contributed by atoms with van der Waals surface area (Å²) >= 11 is -0.00494. The number of barbiturate groups is 1. The molecule has 1 aliphatic carbocycles. The molecule has 0 atom stereocenters. The van der Waals surface area contributed by atoms with Crippen molar-refractivity contribution in [3.63, 3.8) is 0 Å². The number of urea groups is 1. The molecular weight excluding hydrogens is 565 g/mol. The van der Waals surface area contributed by atoms with Crippen LogP contribution < -0.4 is 4.90 Å². The Balaban J connectivity index is 1.27. The molecule has 0 bridgehead atoms. The molecule has 1 aromatic heterocycles. The Morgan fingerprint density at radius 1 is 0.775 bits per heavy atom. The molecule has 198 valence electrons. The fraction of sp³-hybridized carbons (Fsp3) is 0.182. The van der Waals surface area contributed by atoms with Gasteiger partial charge in [0, 0.05) is 0 Å². The van der Waals surface area contributed by atoms with E-state index in [2.05, 4.69) is 91.5 Å². The zero-order chi connectivity index (χ0) is 27.9. The van der Waals surface area contributed by atoms with Crippen LogP contribution in [0, 0.1) is 0 Å². The predicted molar refractivity (Wildman–Crippen MR) is 157 cm³/mol. The molecule has 0 N–H and O–H groups in total. The summed E-state index contributed by atoms with van der Waals surface area (Å²) in [6.45, 7) is 4.59. The van der Waals surface area contributed by atoms with Crippen LogP contribution in [0.5, 0.6) is 0 Å². The van der Waals surface area contributed by atoms with Crippen molar-refractivity contribution in [1.82, 2.24) is 9.80 Å². The Bertz CT molecular complexity index is 1740. The van der Waals surface area contributed by atoms with Crippen LogP contribution in [0.15, 0.2) is 78.4 Å². The molecule has 0 radical (unpaired) electrons. The molecule has 40 heavy (non-hydrogen) atoms. The van der Waals surface area contributed by atoms with E-state index in [1.807, 2.05) is 0 Å². The Morgan fingerprint density at radius 3 is 2.00 bits per heavy atom. The van der Waals surface area contributed by atoms with Crippen molar-refractivity contribution < 1.29 is 14.4 Å². The Kier molecular flexibility index (Phi) is 5.37. The third-order valence-corrected chi connectivity index (χ3v) is 10.7. The Morgan fingerprint density at radius 2 is 1.38 bits per heavy atom. The zero-order valence-electron chi connectivity index (χ0n) is 22.7. The van der Waals surface area contributed by atoms with E-state index in [9.17, 15) is 14.4 Å². The van der Waals surface area contributed by atoms with Gasteiger partial charge in [-0.25, -0.2) is 0 Å². The topological polar surface area (TPSA) is 60.9 Å². The van der Waals surface area contributed by atoms with E-state index >= 15 is 0 Å². The maximum atomic E-state index is 12.7. The van der Waals surface area contributed by atoms with E-state index in [0.29, 0.717) is 0 Å². The number of nitrogens with zero attached hydrogens (tertiary/aromatic N) is 3. The molecule has 4 aromatic rings. The van der Waals surface area contributed by atoms with Crippen molar-refractivity contribution in [2.24, 2.45) is 0 Å². The van der Waals surface area contributed by atoms with Gasteiger partial charge in [-0.3, -0.25) is 0 Å². The summed E-state index contributed by atoms with van der Waals surface area (Å²) in [7, 11) is 2.81. The van der Waals surface area contributed by atoms with Crippen LogP contribution >= 0.6 is 0 Å². The van der Waals surface area contributed by atoms with E-state index in [-0.39, 0.29) is 25.5 Å². The minimum atomic E-state index is -0.606. The van der Waals surface area contributed by atoms with Gasteiger partial charge in [0.1, 0.15) is 0 Å². The average Bonchev–Trinajstić information content (AvgIpc) is 3.50. The summed E-state index contributed by atoms with van der Waals surface area (Å²) in [6.07, 6.45) is 2.53. The number of anilines is 3. The maximum absolute atomic E-state index is 12.7. The van der Waals surface area contributed by atoms with E-state index in [1.165, 1.54) is 57.7 Å². The van der Waals surface area contributed by atoms with Crippen molar-refractivity contribution in [2.75, 3.05) is 19.0 Å². The molecule has 1 saturated heterocycles. The molecule has 2 aliphatic heterocycles. The molecular formula is C33H27N3O3Se. The molecule has 1 fully saturated rings. The van der Waals surface area contributed by atoms with Crippen molar-refractivity contribution in [3.05, 3.63) is 104 Å². The van der Waals surface area contributed by atoms with Gasteiger partial charge in [-0.15, -0.1) is 0 Å². The third kappa shape index (κ3) is 3.44. The molecule has 3 aliphatic rings. The van der Waals surface area contributed by atoms with Crippen molar-refractivity contribution in [1.29, 1.82) is 0 Å². The van der Waals surface area contributed by atoms with Gasteiger partial charge in [0.05, 0.1) is 0 Å². The fourth-order valence-electron chi connectivity index (χ4n) is 6.25. The first-order chi connectivity index (χ1) is 19.2. The summed E-state index contributed by atoms with van der Waals surface area (Å²) < 4.78 is 2.32. The van der Waals surface area contributed by atoms with Crippen LogP contribution in [-0.4, -0.2) is 56.2 Å². The van der Waals surface area contributed by atoms with Gasteiger partial charge in [-0.1, -0.05) is 0 Å². The normalized spacial score (nSPS) is 17.1. The summed E-state index contributed by atoms with van der Waals surface area (Å²) in [4.78, 5) is 41.8. The van der Waals surface area contributed by atoms with Gasteiger partial charge in [0.2, 0.25) is 0 Å². The van der Waals surface area contributed by atoms with Crippen LogP contribution in [0.2, 0.25) is 0 Å². The minimum absolute atomic E-state index is 0.00494. The first-order valence-electron chi connectivity index (χ1n) is 13.2. The quantitative estimate of drug-likeness (QED) is 0.147. The molecule has 6 nitrogen and oxygen atoms in total. The molecule has 4 amide bonds. The summed E-state index contributed by atoms with van der Waals surface area (Å²) in [5.41, 5.74) is 9.81. The first-order valence-corrected chi connectivity index (χ1v) is 14.9. The number of amides is 4. The van der Waals surface area contributed by atoms with Crippen molar-refractivity contribution in [2.45, 2.75) is 25.7 Å². The summed E-state index contributed by atoms with van der Waals surface area (Å²) in [5.74, 6) is -1.10. The van der Waals surface area contributed by atoms with Gasteiger partial charge in [-0.05, 0) is 0 Å². The van der Waals surface area contributed by atoms with Crippen molar-refractivity contribution in [3.8, 4) is 11.1 Å². The number of rotatable bonds is 2. The number of likely N-dealkylation sites (N-methyl/N-ethyl adjacent to an activating group) is 2. The summed E-state index contributed by atoms with van der Waals surface area (Å²) in [6, 6.07) is 25.6. The number of carbonyl (C=O) groups is 3. The molecule has 0 unspecified atom stereocenters. The molecule has 7 rings (SSSR count). The average molecular weight is 593 g/mol. The molecule has 0 saturated carbocycles. The van der Waals surface area contributed by atoms with Crippen LogP contribution in [0.25, 0.3) is 17.2 Å². The van der Waals surface area contributed by atoms with Crippen LogP contribution in [0.4, 0.5) is 21.9 Å². The van der Waals surface area contributed by atoms with Gasteiger partial charge >= 0.3 is 239 Å². The van der Waals surface area contributed by atoms with Gasteiger partial charge in [0.25, 0.3) is 0 Å². The zero-order valence-corrected chi connectivity index (χ0v) is 24.4. The number of hydrogen-bond acceptors (Lipinski definition) is 4. The van der Waals surface area contributed by atoms with E-state index < -0.39 is 17.8 Å². The van der Waals surface area contributed by atoms with Crippen LogP contribution in [0.3, 0.4) is 0 Å². The SMILES string of the molecule is CN1C(=O)C(=Cc2cc3c([se]2)Cc2cc(N4c5ccccc5C(C)(C)c5ccccc54)ccc2-3)C(=O)N(C)C1=O. The molecule has 7 heteroatoms. The van der Waals surface area contributed by atoms with Gasteiger partial charge in [0.15, 0.2) is 0 Å². The molecule has 0 spiro atoms. The second kappa shape index (κ2) is 8.65. The predicted octanol–water partition coefficient (Wildman–Crippen LogP) is 5.86. The number of hydrogen-bond donors (Lipinski definition) is 0. The number of fused-ring (bicyclic) bond motifs is 5. The van der Waals surface area contributed by atoms with Crippen LogP contribution in [-0.2, 0) is 21.4 Å². The van der Waals surface area contributed by atoms with Gasteiger partial charge < -0.3 is 0 Å². The summed E-state index contributed by atoms with van der Waals surface area (Å²) in [5, 5.41) is 0. The number of carbonyl (C=O) groups excluding carboxylic acids is 3.